The molecule has 0 unspecified atom stereocenters. The van der Waals surface area contributed by atoms with E-state index in [0.29, 0.717) is 5.82 Å². The van der Waals surface area contributed by atoms with Crippen LogP contribution in [0.1, 0.15) is 5.56 Å². The maximum atomic E-state index is 5.94. The number of benzene rings is 1. The van der Waals surface area contributed by atoms with Crippen LogP contribution in [0.5, 0.6) is 0 Å². The number of rotatable bonds is 2. The zero-order valence-electron chi connectivity index (χ0n) is 10.2. The molecule has 0 fully saturated rings. The number of halogens is 1. The Balaban J connectivity index is 2.19. The molecule has 2 N–H and O–H groups in total. The predicted molar refractivity (Wildman–Crippen MR) is 82.1 cm³/mol. The normalized spacial score (nSPS) is 10.8. The molecule has 3 aromatic rings. The Morgan fingerprint density at radius 2 is 2.00 bits per heavy atom. The second kappa shape index (κ2) is 4.83. The molecule has 0 atom stereocenters. The maximum absolute atomic E-state index is 5.94. The van der Waals surface area contributed by atoms with Crippen molar-refractivity contribution in [1.29, 1.82) is 0 Å². The van der Waals surface area contributed by atoms with E-state index >= 15 is 0 Å². The van der Waals surface area contributed by atoms with Crippen LogP contribution < -0.4 is 5.73 Å². The van der Waals surface area contributed by atoms with Crippen molar-refractivity contribution < 1.29 is 4.52 Å². The Bertz CT molecular complexity index is 699. The summed E-state index contributed by atoms with van der Waals surface area (Å²) in [5.41, 5.74) is 8.99. The van der Waals surface area contributed by atoms with Crippen LogP contribution in [0, 0.1) is 6.92 Å². The third kappa shape index (κ3) is 2.19. The number of aryl methyl sites for hydroxylation is 1. The first-order valence-corrected chi connectivity index (χ1v) is 7.34. The van der Waals surface area contributed by atoms with E-state index in [-0.39, 0.29) is 0 Å². The van der Waals surface area contributed by atoms with E-state index in [4.69, 9.17) is 10.3 Å². The SMILES string of the molecule is Cc1cc(-c2onc(N)c2-c2ccccc2)sc1Br. The molecule has 1 aromatic carbocycles. The standard InChI is InChI=1S/C14H11BrN2OS/c1-8-7-10(19-13(8)15)12-11(14(16)17-18-12)9-5-3-2-4-6-9/h2-7H,1H3,(H2,16,17). The van der Waals surface area contributed by atoms with Crippen LogP contribution in [0.4, 0.5) is 5.82 Å². The molecular weight excluding hydrogens is 324 g/mol. The van der Waals surface area contributed by atoms with Crippen LogP contribution in [0.15, 0.2) is 44.7 Å². The number of anilines is 1. The minimum Gasteiger partial charge on any atom is -0.380 e. The van der Waals surface area contributed by atoms with Gasteiger partial charge in [-0.1, -0.05) is 35.5 Å². The fourth-order valence-electron chi connectivity index (χ4n) is 1.93. The Morgan fingerprint density at radius 3 is 2.63 bits per heavy atom. The summed E-state index contributed by atoms with van der Waals surface area (Å²) in [5, 5.41) is 3.90. The molecule has 3 nitrogen and oxygen atoms in total. The van der Waals surface area contributed by atoms with Gasteiger partial charge in [0.15, 0.2) is 11.6 Å². The molecule has 0 aliphatic rings. The number of aromatic nitrogens is 1. The average Bonchev–Trinajstić information content (AvgIpc) is 2.95. The predicted octanol–water partition coefficient (Wildman–Crippen LogP) is 4.72. The Labute approximate surface area is 123 Å². The number of nitrogens with zero attached hydrogens (tertiary/aromatic N) is 1. The van der Waals surface area contributed by atoms with Gasteiger partial charge in [-0.25, -0.2) is 0 Å². The number of hydrogen-bond acceptors (Lipinski definition) is 4. The number of thiophene rings is 1. The molecule has 2 aromatic heterocycles. The van der Waals surface area contributed by atoms with Gasteiger partial charge in [-0.15, -0.1) is 11.3 Å². The summed E-state index contributed by atoms with van der Waals surface area (Å²) in [6.45, 7) is 2.05. The van der Waals surface area contributed by atoms with Gasteiger partial charge in [-0.05, 0) is 40.0 Å². The van der Waals surface area contributed by atoms with Gasteiger partial charge in [0.25, 0.3) is 0 Å². The summed E-state index contributed by atoms with van der Waals surface area (Å²) in [4.78, 5) is 1.02. The van der Waals surface area contributed by atoms with Gasteiger partial charge < -0.3 is 10.3 Å². The summed E-state index contributed by atoms with van der Waals surface area (Å²) in [7, 11) is 0. The molecule has 0 radical (unpaired) electrons. The smallest absolute Gasteiger partial charge is 0.186 e. The quantitative estimate of drug-likeness (QED) is 0.737. The van der Waals surface area contributed by atoms with E-state index in [2.05, 4.69) is 27.2 Å². The van der Waals surface area contributed by atoms with Crippen molar-refractivity contribution in [3.8, 4) is 21.8 Å². The minimum absolute atomic E-state index is 0.420. The summed E-state index contributed by atoms with van der Waals surface area (Å²) < 4.78 is 6.51. The molecule has 0 aliphatic carbocycles. The molecule has 3 rings (SSSR count). The fraction of sp³-hybridized carbons (Fsp3) is 0.0714. The van der Waals surface area contributed by atoms with E-state index in [1.165, 1.54) is 5.56 Å². The van der Waals surface area contributed by atoms with Crippen LogP contribution >= 0.6 is 27.3 Å². The van der Waals surface area contributed by atoms with Crippen molar-refractivity contribution in [3.05, 3.63) is 45.7 Å². The van der Waals surface area contributed by atoms with Crippen molar-refractivity contribution in [2.24, 2.45) is 0 Å². The highest BCUT2D eigenvalue weighted by molar-refractivity contribution is 9.11. The Kier molecular flexibility index (Phi) is 3.16. The second-order valence-corrected chi connectivity index (χ2v) is 6.58. The minimum atomic E-state index is 0.420. The molecule has 0 bridgehead atoms. The van der Waals surface area contributed by atoms with Crippen LogP contribution in [-0.4, -0.2) is 5.16 Å². The monoisotopic (exact) mass is 334 g/mol. The second-order valence-electron chi connectivity index (χ2n) is 4.21. The van der Waals surface area contributed by atoms with Gasteiger partial charge in [0.2, 0.25) is 0 Å². The molecule has 0 saturated carbocycles. The molecule has 2 heterocycles. The van der Waals surface area contributed by atoms with Crippen molar-refractivity contribution in [2.75, 3.05) is 5.73 Å². The number of nitrogens with two attached hydrogens (primary N) is 1. The lowest BCUT2D eigenvalue weighted by Crippen LogP contribution is -1.87. The molecule has 0 saturated heterocycles. The number of nitrogen functional groups attached to an aromatic ring is 1. The van der Waals surface area contributed by atoms with Crippen LogP contribution in [0.3, 0.4) is 0 Å². The van der Waals surface area contributed by atoms with Crippen LogP contribution in [-0.2, 0) is 0 Å². The van der Waals surface area contributed by atoms with Crippen molar-refractivity contribution >= 4 is 33.1 Å². The first kappa shape index (κ1) is 12.4. The molecular formula is C14H11BrN2OS. The topological polar surface area (TPSA) is 52.0 Å². The molecule has 5 heteroatoms. The van der Waals surface area contributed by atoms with Crippen LogP contribution in [0.25, 0.3) is 21.8 Å². The van der Waals surface area contributed by atoms with Gasteiger partial charge in [-0.3, -0.25) is 0 Å². The van der Waals surface area contributed by atoms with Gasteiger partial charge in [0, 0.05) is 0 Å². The molecule has 0 spiro atoms. The lowest BCUT2D eigenvalue weighted by molar-refractivity contribution is 0.437. The summed E-state index contributed by atoms with van der Waals surface area (Å²) in [6, 6.07) is 12.0. The Morgan fingerprint density at radius 1 is 1.26 bits per heavy atom. The third-order valence-corrected chi connectivity index (χ3v) is 5.00. The highest BCUT2D eigenvalue weighted by Crippen LogP contribution is 2.41. The van der Waals surface area contributed by atoms with E-state index in [9.17, 15) is 0 Å². The fourth-order valence-corrected chi connectivity index (χ4v) is 3.44. The maximum Gasteiger partial charge on any atom is 0.186 e. The summed E-state index contributed by atoms with van der Waals surface area (Å²) in [5.74, 6) is 1.14. The van der Waals surface area contributed by atoms with E-state index < -0.39 is 0 Å². The van der Waals surface area contributed by atoms with E-state index in [1.807, 2.05) is 37.3 Å². The summed E-state index contributed by atoms with van der Waals surface area (Å²) >= 11 is 5.14. The lowest BCUT2D eigenvalue weighted by Gasteiger charge is -2.00. The van der Waals surface area contributed by atoms with Crippen LogP contribution in [0.2, 0.25) is 0 Å². The van der Waals surface area contributed by atoms with Crippen molar-refractivity contribution in [2.45, 2.75) is 6.92 Å². The van der Waals surface area contributed by atoms with Gasteiger partial charge >= 0.3 is 0 Å². The molecule has 19 heavy (non-hydrogen) atoms. The zero-order valence-corrected chi connectivity index (χ0v) is 12.6. The highest BCUT2D eigenvalue weighted by atomic mass is 79.9. The van der Waals surface area contributed by atoms with E-state index in [1.54, 1.807) is 11.3 Å². The van der Waals surface area contributed by atoms with Gasteiger partial charge in [0.05, 0.1) is 14.2 Å². The van der Waals surface area contributed by atoms with Gasteiger partial charge in [-0.2, -0.15) is 0 Å². The summed E-state index contributed by atoms with van der Waals surface area (Å²) in [6.07, 6.45) is 0. The van der Waals surface area contributed by atoms with Gasteiger partial charge in [0.1, 0.15) is 0 Å². The van der Waals surface area contributed by atoms with Crippen molar-refractivity contribution in [3.63, 3.8) is 0 Å². The average molecular weight is 335 g/mol. The van der Waals surface area contributed by atoms with Crippen molar-refractivity contribution in [1.82, 2.24) is 5.16 Å². The zero-order chi connectivity index (χ0) is 13.4. The highest BCUT2D eigenvalue weighted by Gasteiger charge is 2.19. The molecule has 0 amide bonds. The first-order valence-electron chi connectivity index (χ1n) is 5.73. The largest absolute Gasteiger partial charge is 0.380 e. The molecule has 96 valence electrons. The first-order chi connectivity index (χ1) is 9.16. The lowest BCUT2D eigenvalue weighted by atomic mass is 10.1. The van der Waals surface area contributed by atoms with E-state index in [0.717, 1.165) is 25.6 Å². The number of hydrogen-bond donors (Lipinski definition) is 1. The Hall–Kier alpha value is -1.59. The third-order valence-electron chi connectivity index (χ3n) is 2.86. The molecule has 0 aliphatic heterocycles.